The molecule has 0 saturated carbocycles. The highest BCUT2D eigenvalue weighted by Gasteiger charge is 2.27. The molecule has 15 heavy (non-hydrogen) atoms. The third-order valence-corrected chi connectivity index (χ3v) is 4.86. The van der Waals surface area contributed by atoms with Crippen molar-refractivity contribution in [2.45, 2.75) is 18.8 Å². The van der Waals surface area contributed by atoms with Crippen LogP contribution in [-0.2, 0) is 10.0 Å². The zero-order valence-corrected chi connectivity index (χ0v) is 10.2. The van der Waals surface area contributed by atoms with Gasteiger partial charge in [0.25, 0.3) is 0 Å². The van der Waals surface area contributed by atoms with E-state index in [-0.39, 0.29) is 5.92 Å². The number of hydrogen-bond acceptors (Lipinski definition) is 4. The minimum absolute atomic E-state index is 0.286. The largest absolute Gasteiger partial charge is 0.249 e. The van der Waals surface area contributed by atoms with Crippen LogP contribution < -0.4 is 0 Å². The van der Waals surface area contributed by atoms with Gasteiger partial charge in [0.05, 0.1) is 11.3 Å². The fourth-order valence-corrected chi connectivity index (χ4v) is 3.56. The first kappa shape index (κ1) is 11.0. The van der Waals surface area contributed by atoms with Crippen LogP contribution in [0, 0.1) is 0 Å². The molecule has 0 aliphatic carbocycles. The van der Waals surface area contributed by atoms with Gasteiger partial charge in [-0.3, -0.25) is 0 Å². The van der Waals surface area contributed by atoms with Gasteiger partial charge in [0, 0.05) is 30.6 Å². The molecule has 1 aliphatic heterocycles. The second-order valence-electron chi connectivity index (χ2n) is 3.83. The zero-order valence-electron chi connectivity index (χ0n) is 8.59. The lowest BCUT2D eigenvalue weighted by molar-refractivity contribution is 0.317. The molecular formula is C9H14N2O2S2. The van der Waals surface area contributed by atoms with Gasteiger partial charge in [-0.15, -0.1) is 11.3 Å². The Balaban J connectivity index is 2.12. The quantitative estimate of drug-likeness (QED) is 0.790. The van der Waals surface area contributed by atoms with Gasteiger partial charge in [-0.25, -0.2) is 17.7 Å². The van der Waals surface area contributed by atoms with Crippen molar-refractivity contribution < 1.29 is 8.42 Å². The summed E-state index contributed by atoms with van der Waals surface area (Å²) in [5.41, 5.74) is 0. The number of nitrogens with zero attached hydrogens (tertiary/aromatic N) is 2. The van der Waals surface area contributed by atoms with Gasteiger partial charge in [0.1, 0.15) is 0 Å². The van der Waals surface area contributed by atoms with Gasteiger partial charge in [0.15, 0.2) is 0 Å². The lowest BCUT2D eigenvalue weighted by Gasteiger charge is -2.29. The molecule has 0 radical (unpaired) electrons. The summed E-state index contributed by atoms with van der Waals surface area (Å²) in [5, 5.41) is 3.00. The van der Waals surface area contributed by atoms with Crippen LogP contribution in [-0.4, -0.2) is 37.1 Å². The van der Waals surface area contributed by atoms with E-state index < -0.39 is 10.0 Å². The average molecular weight is 246 g/mol. The SMILES string of the molecule is CS(=O)(=O)N1CCCC(c2nccs2)C1. The molecule has 0 aromatic carbocycles. The summed E-state index contributed by atoms with van der Waals surface area (Å²) in [6, 6.07) is 0. The van der Waals surface area contributed by atoms with Crippen molar-refractivity contribution >= 4 is 21.4 Å². The van der Waals surface area contributed by atoms with E-state index >= 15 is 0 Å². The molecule has 1 atom stereocenters. The van der Waals surface area contributed by atoms with Gasteiger partial charge in [-0.1, -0.05) is 0 Å². The minimum atomic E-state index is -3.04. The molecular weight excluding hydrogens is 232 g/mol. The second kappa shape index (κ2) is 4.19. The average Bonchev–Trinajstić information content (AvgIpc) is 2.69. The maximum atomic E-state index is 11.4. The molecule has 0 N–H and O–H groups in total. The summed E-state index contributed by atoms with van der Waals surface area (Å²) < 4.78 is 24.4. The van der Waals surface area contributed by atoms with Crippen LogP contribution in [0.15, 0.2) is 11.6 Å². The van der Waals surface area contributed by atoms with Crippen molar-refractivity contribution in [1.82, 2.24) is 9.29 Å². The fourth-order valence-electron chi connectivity index (χ4n) is 1.88. The summed E-state index contributed by atoms with van der Waals surface area (Å²) in [6.07, 6.45) is 5.02. The highest BCUT2D eigenvalue weighted by molar-refractivity contribution is 7.88. The van der Waals surface area contributed by atoms with Gasteiger partial charge in [-0.2, -0.15) is 0 Å². The summed E-state index contributed by atoms with van der Waals surface area (Å²) in [6.45, 7) is 1.24. The molecule has 1 aromatic heterocycles. The van der Waals surface area contributed by atoms with E-state index in [2.05, 4.69) is 4.98 Å². The Kier molecular flexibility index (Phi) is 3.08. The van der Waals surface area contributed by atoms with E-state index in [4.69, 9.17) is 0 Å². The van der Waals surface area contributed by atoms with Crippen LogP contribution in [0.1, 0.15) is 23.8 Å². The molecule has 1 saturated heterocycles. The number of rotatable bonds is 2. The Morgan fingerprint density at radius 2 is 2.40 bits per heavy atom. The van der Waals surface area contributed by atoms with E-state index in [0.717, 1.165) is 17.8 Å². The molecule has 4 nitrogen and oxygen atoms in total. The highest BCUT2D eigenvalue weighted by Crippen LogP contribution is 2.28. The molecule has 2 heterocycles. The molecule has 6 heteroatoms. The number of thiazole rings is 1. The Hall–Kier alpha value is -0.460. The van der Waals surface area contributed by atoms with Crippen molar-refractivity contribution in [1.29, 1.82) is 0 Å². The molecule has 0 amide bonds. The van der Waals surface area contributed by atoms with Crippen molar-refractivity contribution in [3.8, 4) is 0 Å². The first-order chi connectivity index (χ1) is 7.07. The third kappa shape index (κ3) is 2.56. The van der Waals surface area contributed by atoms with Crippen LogP contribution in [0.2, 0.25) is 0 Å². The maximum Gasteiger partial charge on any atom is 0.211 e. The molecule has 0 bridgehead atoms. The number of sulfonamides is 1. The Morgan fingerprint density at radius 3 is 3.00 bits per heavy atom. The molecule has 1 fully saturated rings. The van der Waals surface area contributed by atoms with Crippen LogP contribution in [0.4, 0.5) is 0 Å². The van der Waals surface area contributed by atoms with Gasteiger partial charge >= 0.3 is 0 Å². The number of aromatic nitrogens is 1. The standard InChI is InChI=1S/C9H14N2O2S2/c1-15(12,13)11-5-2-3-8(7-11)9-10-4-6-14-9/h4,6,8H,2-3,5,7H2,1H3. The minimum Gasteiger partial charge on any atom is -0.249 e. The highest BCUT2D eigenvalue weighted by atomic mass is 32.2. The van der Waals surface area contributed by atoms with Crippen molar-refractivity contribution in [3.63, 3.8) is 0 Å². The van der Waals surface area contributed by atoms with E-state index in [9.17, 15) is 8.42 Å². The van der Waals surface area contributed by atoms with Crippen LogP contribution in [0.5, 0.6) is 0 Å². The Morgan fingerprint density at radius 1 is 1.60 bits per heavy atom. The van der Waals surface area contributed by atoms with Crippen LogP contribution in [0.3, 0.4) is 0 Å². The predicted octanol–water partition coefficient (Wildman–Crippen LogP) is 1.28. The summed E-state index contributed by atoms with van der Waals surface area (Å²) in [4.78, 5) is 4.25. The van der Waals surface area contributed by atoms with Crippen molar-refractivity contribution in [2.24, 2.45) is 0 Å². The number of hydrogen-bond donors (Lipinski definition) is 0. The molecule has 1 unspecified atom stereocenters. The van der Waals surface area contributed by atoms with Crippen LogP contribution in [0.25, 0.3) is 0 Å². The summed E-state index contributed by atoms with van der Waals surface area (Å²) >= 11 is 1.61. The van der Waals surface area contributed by atoms with Gasteiger partial charge in [0.2, 0.25) is 10.0 Å². The van der Waals surface area contributed by atoms with E-state index in [0.29, 0.717) is 13.1 Å². The maximum absolute atomic E-state index is 11.4. The van der Waals surface area contributed by atoms with Crippen LogP contribution >= 0.6 is 11.3 Å². The Bertz CT molecular complexity index is 413. The molecule has 0 spiro atoms. The summed E-state index contributed by atoms with van der Waals surface area (Å²) in [7, 11) is -3.04. The zero-order chi connectivity index (χ0) is 10.9. The lowest BCUT2D eigenvalue weighted by atomic mass is 10.0. The molecule has 84 valence electrons. The fraction of sp³-hybridized carbons (Fsp3) is 0.667. The van der Waals surface area contributed by atoms with E-state index in [1.165, 1.54) is 6.26 Å². The Labute approximate surface area is 94.0 Å². The monoisotopic (exact) mass is 246 g/mol. The lowest BCUT2D eigenvalue weighted by Crippen LogP contribution is -2.38. The first-order valence-corrected chi connectivity index (χ1v) is 7.64. The van der Waals surface area contributed by atoms with E-state index in [1.54, 1.807) is 21.8 Å². The van der Waals surface area contributed by atoms with E-state index in [1.807, 2.05) is 5.38 Å². The van der Waals surface area contributed by atoms with Crippen molar-refractivity contribution in [3.05, 3.63) is 16.6 Å². The summed E-state index contributed by atoms with van der Waals surface area (Å²) in [5.74, 6) is 0.286. The van der Waals surface area contributed by atoms with Gasteiger partial charge in [-0.05, 0) is 12.8 Å². The number of piperidine rings is 1. The normalized spacial score (nSPS) is 24.2. The van der Waals surface area contributed by atoms with Gasteiger partial charge < -0.3 is 0 Å². The van der Waals surface area contributed by atoms with Crippen molar-refractivity contribution in [2.75, 3.05) is 19.3 Å². The molecule has 1 aromatic rings. The predicted molar refractivity (Wildman–Crippen MR) is 60.5 cm³/mol. The smallest absolute Gasteiger partial charge is 0.211 e. The third-order valence-electron chi connectivity index (χ3n) is 2.65. The topological polar surface area (TPSA) is 50.3 Å². The molecule has 1 aliphatic rings. The first-order valence-electron chi connectivity index (χ1n) is 4.92. The second-order valence-corrected chi connectivity index (χ2v) is 6.74. The molecule has 2 rings (SSSR count).